The summed E-state index contributed by atoms with van der Waals surface area (Å²) in [4.78, 5) is 31.0. The van der Waals surface area contributed by atoms with E-state index in [1.54, 1.807) is 20.1 Å². The highest BCUT2D eigenvalue weighted by Gasteiger charge is 2.33. The zero-order valence-electron chi connectivity index (χ0n) is 15.5. The number of aromatic amines is 1. The van der Waals surface area contributed by atoms with Crippen molar-refractivity contribution in [1.82, 2.24) is 20.1 Å². The first-order valence-electron chi connectivity index (χ1n) is 8.84. The van der Waals surface area contributed by atoms with Crippen molar-refractivity contribution in [2.24, 2.45) is 0 Å². The van der Waals surface area contributed by atoms with E-state index in [9.17, 15) is 9.59 Å². The fraction of sp³-hybridized carbons (Fsp3) is 0.200. The number of methoxy groups -OCH3 is 1. The molecule has 1 aliphatic heterocycles. The number of anilines is 1. The lowest BCUT2D eigenvalue weighted by molar-refractivity contribution is -0.120. The summed E-state index contributed by atoms with van der Waals surface area (Å²) in [6.45, 7) is 2.09. The number of carbonyl (C=O) groups excluding carboxylic acids is 2. The number of H-pyrrole nitrogens is 1. The van der Waals surface area contributed by atoms with Crippen LogP contribution in [0.25, 0.3) is 11.4 Å². The predicted octanol–water partition coefficient (Wildman–Crippen LogP) is 2.46. The maximum atomic E-state index is 12.6. The minimum atomic E-state index is -0.659. The van der Waals surface area contributed by atoms with Crippen molar-refractivity contribution in [3.8, 4) is 17.1 Å². The summed E-state index contributed by atoms with van der Waals surface area (Å²) in [6.07, 6.45) is 0. The van der Waals surface area contributed by atoms with Crippen molar-refractivity contribution < 1.29 is 14.3 Å². The van der Waals surface area contributed by atoms with Crippen LogP contribution in [0.4, 0.5) is 5.95 Å². The number of nitrogens with one attached hydrogen (secondary N) is 2. The van der Waals surface area contributed by atoms with Crippen molar-refractivity contribution in [3.05, 3.63) is 59.7 Å². The zero-order chi connectivity index (χ0) is 19.7. The van der Waals surface area contributed by atoms with Gasteiger partial charge in [0.25, 0.3) is 5.91 Å². The van der Waals surface area contributed by atoms with E-state index in [1.807, 2.05) is 42.5 Å². The first-order chi connectivity index (χ1) is 13.6. The van der Waals surface area contributed by atoms with E-state index in [0.717, 1.165) is 11.1 Å². The fourth-order valence-corrected chi connectivity index (χ4v) is 3.22. The van der Waals surface area contributed by atoms with Gasteiger partial charge in [0, 0.05) is 12.1 Å². The number of fused-ring (bicyclic) bond motifs is 1. The molecule has 3 aromatic rings. The van der Waals surface area contributed by atoms with Gasteiger partial charge in [-0.1, -0.05) is 30.3 Å². The average Bonchev–Trinajstić information content (AvgIpc) is 3.32. The minimum absolute atomic E-state index is 0.141. The first-order valence-corrected chi connectivity index (χ1v) is 8.84. The maximum Gasteiger partial charge on any atom is 0.255 e. The Morgan fingerprint density at radius 3 is 2.64 bits per heavy atom. The highest BCUT2D eigenvalue weighted by molar-refractivity contribution is 6.03. The Kier molecular flexibility index (Phi) is 4.52. The van der Waals surface area contributed by atoms with Crippen LogP contribution < -0.4 is 10.1 Å². The van der Waals surface area contributed by atoms with Gasteiger partial charge in [0.05, 0.1) is 12.7 Å². The molecule has 2 amide bonds. The number of benzene rings is 2. The van der Waals surface area contributed by atoms with Crippen molar-refractivity contribution >= 4 is 17.8 Å². The summed E-state index contributed by atoms with van der Waals surface area (Å²) in [5.74, 6) is 0.756. The molecule has 1 unspecified atom stereocenters. The molecule has 8 heteroatoms. The van der Waals surface area contributed by atoms with E-state index < -0.39 is 6.04 Å². The molecular weight excluding hydrogens is 358 g/mol. The molecular formula is C20H19N5O3. The lowest BCUT2D eigenvalue weighted by Gasteiger charge is -2.22. The Balaban J connectivity index is 1.48. The predicted molar refractivity (Wildman–Crippen MR) is 103 cm³/mol. The highest BCUT2D eigenvalue weighted by Crippen LogP contribution is 2.27. The van der Waals surface area contributed by atoms with Crippen LogP contribution in [0.3, 0.4) is 0 Å². The molecule has 1 atom stereocenters. The van der Waals surface area contributed by atoms with Gasteiger partial charge in [0.15, 0.2) is 5.82 Å². The van der Waals surface area contributed by atoms with Crippen LogP contribution in [0.2, 0.25) is 0 Å². The third kappa shape index (κ3) is 3.09. The van der Waals surface area contributed by atoms with Crippen LogP contribution in [0.5, 0.6) is 5.75 Å². The van der Waals surface area contributed by atoms with Crippen molar-refractivity contribution in [3.63, 3.8) is 0 Å². The van der Waals surface area contributed by atoms with E-state index in [0.29, 0.717) is 23.7 Å². The van der Waals surface area contributed by atoms with Crippen molar-refractivity contribution in [2.75, 3.05) is 12.4 Å². The molecule has 0 fully saturated rings. The van der Waals surface area contributed by atoms with Gasteiger partial charge in [-0.25, -0.2) is 0 Å². The Morgan fingerprint density at radius 1 is 1.18 bits per heavy atom. The molecule has 8 nitrogen and oxygen atoms in total. The van der Waals surface area contributed by atoms with E-state index in [1.165, 1.54) is 4.90 Å². The van der Waals surface area contributed by atoms with Gasteiger partial charge < -0.3 is 9.64 Å². The minimum Gasteiger partial charge on any atom is -0.496 e. The molecule has 2 heterocycles. The normalized spacial score (nSPS) is 13.9. The average molecular weight is 377 g/mol. The monoisotopic (exact) mass is 377 g/mol. The number of carbonyl (C=O) groups is 2. The number of ether oxygens (including phenoxy) is 1. The molecule has 1 aromatic heterocycles. The Hall–Kier alpha value is -3.68. The lowest BCUT2D eigenvalue weighted by atomic mass is 10.1. The van der Waals surface area contributed by atoms with Crippen LogP contribution in [0.1, 0.15) is 22.8 Å². The number of aromatic nitrogens is 3. The molecule has 142 valence electrons. The third-order valence-corrected chi connectivity index (χ3v) is 4.78. The van der Waals surface area contributed by atoms with Crippen molar-refractivity contribution in [1.29, 1.82) is 0 Å². The Labute approximate surface area is 161 Å². The topological polar surface area (TPSA) is 100 Å². The number of amides is 2. The second-order valence-electron chi connectivity index (χ2n) is 6.46. The molecule has 28 heavy (non-hydrogen) atoms. The van der Waals surface area contributed by atoms with Crippen LogP contribution in [0.15, 0.2) is 48.5 Å². The second kappa shape index (κ2) is 7.15. The van der Waals surface area contributed by atoms with E-state index in [-0.39, 0.29) is 17.8 Å². The molecule has 0 radical (unpaired) electrons. The zero-order valence-corrected chi connectivity index (χ0v) is 15.5. The number of hydrogen-bond donors (Lipinski definition) is 2. The molecule has 0 bridgehead atoms. The van der Waals surface area contributed by atoms with Gasteiger partial charge >= 0.3 is 0 Å². The summed E-state index contributed by atoms with van der Waals surface area (Å²) in [6, 6.07) is 14.1. The number of rotatable bonds is 5. The van der Waals surface area contributed by atoms with Gasteiger partial charge in [0.1, 0.15) is 11.8 Å². The molecule has 0 spiro atoms. The van der Waals surface area contributed by atoms with Crippen LogP contribution in [0, 0.1) is 0 Å². The van der Waals surface area contributed by atoms with Gasteiger partial charge in [-0.15, -0.1) is 5.10 Å². The molecule has 0 aliphatic carbocycles. The SMILES string of the molecule is COc1ccccc1-c1nc(NC(=O)C(C)N2Cc3ccccc3C2=O)n[nH]1. The molecule has 1 aliphatic rings. The fourth-order valence-electron chi connectivity index (χ4n) is 3.22. The highest BCUT2D eigenvalue weighted by atomic mass is 16.5. The molecule has 4 rings (SSSR count). The van der Waals surface area contributed by atoms with Crippen molar-refractivity contribution in [2.45, 2.75) is 19.5 Å². The quantitative estimate of drug-likeness (QED) is 0.711. The van der Waals surface area contributed by atoms with Crippen LogP contribution in [-0.2, 0) is 11.3 Å². The maximum absolute atomic E-state index is 12.6. The Morgan fingerprint density at radius 2 is 1.89 bits per heavy atom. The summed E-state index contributed by atoms with van der Waals surface area (Å²) >= 11 is 0. The van der Waals surface area contributed by atoms with Gasteiger partial charge in [-0.3, -0.25) is 20.0 Å². The standard InChI is InChI=1S/C20H19N5O3/c1-12(25-11-13-7-3-4-8-14(13)19(25)27)18(26)22-20-21-17(23-24-20)15-9-5-6-10-16(15)28-2/h3-10,12H,11H2,1-2H3,(H2,21,22,23,24,26). The van der Waals surface area contributed by atoms with Crippen LogP contribution >= 0.6 is 0 Å². The van der Waals surface area contributed by atoms with Gasteiger partial charge in [-0.05, 0) is 30.7 Å². The molecule has 0 saturated heterocycles. The summed E-state index contributed by atoms with van der Waals surface area (Å²) in [5.41, 5.74) is 2.29. The molecule has 2 aromatic carbocycles. The van der Waals surface area contributed by atoms with Crippen LogP contribution in [-0.4, -0.2) is 45.0 Å². The number of para-hydroxylation sites is 1. The Bertz CT molecular complexity index is 1050. The summed E-state index contributed by atoms with van der Waals surface area (Å²) in [5, 5.41) is 9.51. The van der Waals surface area contributed by atoms with E-state index in [4.69, 9.17) is 4.74 Å². The van der Waals surface area contributed by atoms with E-state index >= 15 is 0 Å². The number of hydrogen-bond acceptors (Lipinski definition) is 5. The largest absolute Gasteiger partial charge is 0.496 e. The smallest absolute Gasteiger partial charge is 0.255 e. The molecule has 0 saturated carbocycles. The van der Waals surface area contributed by atoms with Gasteiger partial charge in [-0.2, -0.15) is 4.98 Å². The number of nitrogens with zero attached hydrogens (tertiary/aromatic N) is 3. The van der Waals surface area contributed by atoms with E-state index in [2.05, 4.69) is 20.5 Å². The first kappa shape index (κ1) is 17.7. The molecule has 2 N–H and O–H groups in total. The van der Waals surface area contributed by atoms with Gasteiger partial charge in [0.2, 0.25) is 11.9 Å². The summed E-state index contributed by atoms with van der Waals surface area (Å²) < 4.78 is 5.32. The summed E-state index contributed by atoms with van der Waals surface area (Å²) in [7, 11) is 1.57. The third-order valence-electron chi connectivity index (χ3n) is 4.78. The lowest BCUT2D eigenvalue weighted by Crippen LogP contribution is -2.42. The second-order valence-corrected chi connectivity index (χ2v) is 6.46.